The van der Waals surface area contributed by atoms with Crippen molar-refractivity contribution in [2.75, 3.05) is 23.7 Å². The molecule has 86 valence electrons. The van der Waals surface area contributed by atoms with Crippen LogP contribution in [0.2, 0.25) is 0 Å². The molecule has 3 N–H and O–H groups in total. The van der Waals surface area contributed by atoms with E-state index in [1.807, 2.05) is 18.7 Å². The Kier molecular flexibility index (Phi) is 2.76. The molecule has 2 aromatic rings. The summed E-state index contributed by atoms with van der Waals surface area (Å²) in [5, 5.41) is 10.4. The van der Waals surface area contributed by atoms with Crippen LogP contribution in [0.15, 0.2) is 10.6 Å². The van der Waals surface area contributed by atoms with Crippen molar-refractivity contribution in [3.63, 3.8) is 0 Å². The van der Waals surface area contributed by atoms with E-state index in [1.54, 1.807) is 6.07 Å². The first-order valence-electron chi connectivity index (χ1n) is 5.14. The highest BCUT2D eigenvalue weighted by atomic mass is 16.5. The zero-order valence-corrected chi connectivity index (χ0v) is 9.27. The smallest absolute Gasteiger partial charge is 0.277 e. The molecule has 7 nitrogen and oxygen atoms in total. The van der Waals surface area contributed by atoms with Crippen LogP contribution in [0.5, 0.6) is 0 Å². The summed E-state index contributed by atoms with van der Waals surface area (Å²) in [7, 11) is 0. The van der Waals surface area contributed by atoms with Gasteiger partial charge in [-0.05, 0) is 19.0 Å². The second-order valence-corrected chi connectivity index (χ2v) is 3.28. The van der Waals surface area contributed by atoms with Crippen LogP contribution in [0.25, 0.3) is 11.6 Å². The number of nitrogen functional groups attached to an aromatic ring is 1. The molecule has 16 heavy (non-hydrogen) atoms. The van der Waals surface area contributed by atoms with Gasteiger partial charge in [-0.15, -0.1) is 0 Å². The third kappa shape index (κ3) is 1.83. The van der Waals surface area contributed by atoms with Crippen LogP contribution < -0.4 is 10.6 Å². The van der Waals surface area contributed by atoms with E-state index in [-0.39, 0.29) is 0 Å². The number of hydrogen-bond acceptors (Lipinski definition) is 6. The Bertz CT molecular complexity index is 458. The second kappa shape index (κ2) is 4.21. The SMILES string of the molecule is CCN(CC)c1noc(-c2cc(N)n[nH]2)n1. The van der Waals surface area contributed by atoms with E-state index in [2.05, 4.69) is 20.3 Å². The Morgan fingerprint density at radius 2 is 2.19 bits per heavy atom. The largest absolute Gasteiger partial charge is 0.382 e. The van der Waals surface area contributed by atoms with Gasteiger partial charge in [0.15, 0.2) is 0 Å². The molecule has 0 unspecified atom stereocenters. The van der Waals surface area contributed by atoms with Crippen LogP contribution in [-0.2, 0) is 0 Å². The van der Waals surface area contributed by atoms with E-state index >= 15 is 0 Å². The molecule has 0 aliphatic rings. The molecular weight excluding hydrogens is 208 g/mol. The zero-order chi connectivity index (χ0) is 11.5. The number of nitrogens with two attached hydrogens (primary N) is 1. The van der Waals surface area contributed by atoms with Crippen molar-refractivity contribution in [1.29, 1.82) is 0 Å². The van der Waals surface area contributed by atoms with Crippen LogP contribution >= 0.6 is 0 Å². The standard InChI is InChI=1S/C9H14N6O/c1-3-15(4-2)9-11-8(16-14-9)6-5-7(10)13-12-6/h5H,3-4H2,1-2H3,(H3,10,12,13). The monoisotopic (exact) mass is 222 g/mol. The highest BCUT2D eigenvalue weighted by Gasteiger charge is 2.14. The van der Waals surface area contributed by atoms with Gasteiger partial charge in [0, 0.05) is 19.2 Å². The molecular formula is C9H14N6O. The summed E-state index contributed by atoms with van der Waals surface area (Å²) in [5.74, 6) is 1.37. The number of aromatic amines is 1. The molecule has 7 heteroatoms. The molecule has 2 rings (SSSR count). The maximum Gasteiger partial charge on any atom is 0.277 e. The molecule has 0 aliphatic heterocycles. The normalized spacial score (nSPS) is 10.6. The summed E-state index contributed by atoms with van der Waals surface area (Å²) in [5.41, 5.74) is 6.12. The average Bonchev–Trinajstić information content (AvgIpc) is 2.89. The Labute approximate surface area is 92.6 Å². The van der Waals surface area contributed by atoms with Gasteiger partial charge in [0.2, 0.25) is 0 Å². The molecule has 0 aromatic carbocycles. The summed E-state index contributed by atoms with van der Waals surface area (Å²) in [6, 6.07) is 1.65. The van der Waals surface area contributed by atoms with Gasteiger partial charge in [-0.3, -0.25) is 5.10 Å². The van der Waals surface area contributed by atoms with E-state index in [0.717, 1.165) is 13.1 Å². The van der Waals surface area contributed by atoms with Gasteiger partial charge in [-0.1, -0.05) is 0 Å². The topological polar surface area (TPSA) is 96.9 Å². The molecule has 0 amide bonds. The number of rotatable bonds is 4. The molecule has 0 radical (unpaired) electrons. The van der Waals surface area contributed by atoms with Gasteiger partial charge in [0.25, 0.3) is 11.8 Å². The Balaban J connectivity index is 2.25. The summed E-state index contributed by atoms with van der Waals surface area (Å²) in [6.07, 6.45) is 0. The Morgan fingerprint density at radius 3 is 2.75 bits per heavy atom. The number of hydrogen-bond donors (Lipinski definition) is 2. The predicted molar refractivity (Wildman–Crippen MR) is 59.9 cm³/mol. The van der Waals surface area contributed by atoms with Crippen LogP contribution in [0.3, 0.4) is 0 Å². The lowest BCUT2D eigenvalue weighted by atomic mass is 10.4. The van der Waals surface area contributed by atoms with Crippen molar-refractivity contribution in [1.82, 2.24) is 20.3 Å². The van der Waals surface area contributed by atoms with Crippen LogP contribution in [0, 0.1) is 0 Å². The van der Waals surface area contributed by atoms with E-state index in [1.165, 1.54) is 0 Å². The molecule has 0 bridgehead atoms. The van der Waals surface area contributed by atoms with Gasteiger partial charge >= 0.3 is 0 Å². The lowest BCUT2D eigenvalue weighted by molar-refractivity contribution is 0.428. The lowest BCUT2D eigenvalue weighted by Crippen LogP contribution is -2.22. The van der Waals surface area contributed by atoms with Crippen molar-refractivity contribution in [2.24, 2.45) is 0 Å². The van der Waals surface area contributed by atoms with Crippen molar-refractivity contribution in [3.8, 4) is 11.6 Å². The highest BCUT2D eigenvalue weighted by Crippen LogP contribution is 2.19. The number of anilines is 2. The average molecular weight is 222 g/mol. The fourth-order valence-corrected chi connectivity index (χ4v) is 1.41. The number of nitrogens with one attached hydrogen (secondary N) is 1. The molecule has 0 saturated heterocycles. The fourth-order valence-electron chi connectivity index (χ4n) is 1.41. The van der Waals surface area contributed by atoms with Crippen molar-refractivity contribution < 1.29 is 4.52 Å². The summed E-state index contributed by atoms with van der Waals surface area (Å²) in [4.78, 5) is 6.25. The predicted octanol–water partition coefficient (Wildman–Crippen LogP) is 0.888. The molecule has 2 aromatic heterocycles. The molecule has 0 spiro atoms. The third-order valence-electron chi connectivity index (χ3n) is 2.29. The quantitative estimate of drug-likeness (QED) is 0.797. The third-order valence-corrected chi connectivity index (χ3v) is 2.29. The van der Waals surface area contributed by atoms with E-state index in [4.69, 9.17) is 10.3 Å². The van der Waals surface area contributed by atoms with Gasteiger partial charge < -0.3 is 15.2 Å². The summed E-state index contributed by atoms with van der Waals surface area (Å²) >= 11 is 0. The molecule has 0 aliphatic carbocycles. The van der Waals surface area contributed by atoms with Crippen molar-refractivity contribution in [3.05, 3.63) is 6.07 Å². The van der Waals surface area contributed by atoms with Crippen LogP contribution in [-0.4, -0.2) is 33.4 Å². The summed E-state index contributed by atoms with van der Waals surface area (Å²) < 4.78 is 5.12. The van der Waals surface area contributed by atoms with Crippen molar-refractivity contribution >= 4 is 11.8 Å². The van der Waals surface area contributed by atoms with E-state index in [0.29, 0.717) is 23.4 Å². The molecule has 0 saturated carbocycles. The van der Waals surface area contributed by atoms with E-state index < -0.39 is 0 Å². The lowest BCUT2D eigenvalue weighted by Gasteiger charge is -2.14. The minimum atomic E-state index is 0.395. The first-order valence-corrected chi connectivity index (χ1v) is 5.14. The molecule has 0 fully saturated rings. The molecule has 2 heterocycles. The van der Waals surface area contributed by atoms with Gasteiger partial charge in [-0.25, -0.2) is 0 Å². The van der Waals surface area contributed by atoms with Crippen LogP contribution in [0.4, 0.5) is 11.8 Å². The van der Waals surface area contributed by atoms with Crippen LogP contribution in [0.1, 0.15) is 13.8 Å². The Morgan fingerprint density at radius 1 is 1.44 bits per heavy atom. The second-order valence-electron chi connectivity index (χ2n) is 3.28. The van der Waals surface area contributed by atoms with Gasteiger partial charge in [-0.2, -0.15) is 10.1 Å². The van der Waals surface area contributed by atoms with Crippen molar-refractivity contribution in [2.45, 2.75) is 13.8 Å². The highest BCUT2D eigenvalue weighted by molar-refractivity contribution is 5.53. The first kappa shape index (κ1) is 10.5. The first-order chi connectivity index (χ1) is 7.74. The molecule has 0 atom stereocenters. The summed E-state index contributed by atoms with van der Waals surface area (Å²) in [6.45, 7) is 5.74. The van der Waals surface area contributed by atoms with Gasteiger partial charge in [0.05, 0.1) is 0 Å². The minimum Gasteiger partial charge on any atom is -0.382 e. The fraction of sp³-hybridized carbons (Fsp3) is 0.444. The maximum atomic E-state index is 5.49. The number of H-pyrrole nitrogens is 1. The van der Waals surface area contributed by atoms with Gasteiger partial charge in [0.1, 0.15) is 11.5 Å². The zero-order valence-electron chi connectivity index (χ0n) is 9.27. The Hall–Kier alpha value is -2.05. The maximum absolute atomic E-state index is 5.49. The van der Waals surface area contributed by atoms with E-state index in [9.17, 15) is 0 Å². The number of nitrogens with zero attached hydrogens (tertiary/aromatic N) is 4. The number of aromatic nitrogens is 4. The minimum absolute atomic E-state index is 0.395.